The Balaban J connectivity index is 2.90. The van der Waals surface area contributed by atoms with Gasteiger partial charge in [-0.1, -0.05) is 25.6 Å². The summed E-state index contributed by atoms with van der Waals surface area (Å²) in [5.74, 6) is 1.17. The topological polar surface area (TPSA) is 35.2 Å². The van der Waals surface area contributed by atoms with Crippen LogP contribution in [0.15, 0.2) is 34.8 Å². The lowest BCUT2D eigenvalue weighted by Crippen LogP contribution is -2.10. The predicted octanol–water partition coefficient (Wildman–Crippen LogP) is 3.47. The van der Waals surface area contributed by atoms with Gasteiger partial charge in [0.1, 0.15) is 12.4 Å². The zero-order chi connectivity index (χ0) is 12.1. The van der Waals surface area contributed by atoms with E-state index in [1.165, 1.54) is 5.56 Å². The number of ether oxygens (including phenoxy) is 1. The van der Waals surface area contributed by atoms with Gasteiger partial charge in [0, 0.05) is 0 Å². The minimum atomic E-state index is 0.322. The Kier molecular flexibility index (Phi) is 5.03. The van der Waals surface area contributed by atoms with Gasteiger partial charge in [-0.25, -0.2) is 0 Å². The average Bonchev–Trinajstić information content (AvgIpc) is 2.26. The molecule has 0 saturated heterocycles. The third-order valence-electron chi connectivity index (χ3n) is 2.35. The number of halogens is 1. The molecule has 1 unspecified atom stereocenters. The second-order valence-electron chi connectivity index (χ2n) is 4.04. The van der Waals surface area contributed by atoms with E-state index < -0.39 is 0 Å². The summed E-state index contributed by atoms with van der Waals surface area (Å²) in [6.45, 7) is 9.03. The van der Waals surface area contributed by atoms with Gasteiger partial charge in [0.15, 0.2) is 0 Å². The van der Waals surface area contributed by atoms with Gasteiger partial charge in [-0.3, -0.25) is 0 Å². The van der Waals surface area contributed by atoms with E-state index in [9.17, 15) is 0 Å². The Hall–Kier alpha value is -0.800. The third kappa shape index (κ3) is 3.35. The molecule has 0 aliphatic carbocycles. The first-order valence-corrected chi connectivity index (χ1v) is 6.11. The molecule has 1 aromatic carbocycles. The number of rotatable bonds is 5. The summed E-state index contributed by atoms with van der Waals surface area (Å²) in [5.41, 5.74) is 7.86. The van der Waals surface area contributed by atoms with E-state index in [0.29, 0.717) is 19.1 Å². The van der Waals surface area contributed by atoms with Gasteiger partial charge in [0.25, 0.3) is 0 Å². The fourth-order valence-corrected chi connectivity index (χ4v) is 2.12. The van der Waals surface area contributed by atoms with Crippen molar-refractivity contribution < 1.29 is 4.74 Å². The second kappa shape index (κ2) is 6.06. The molecule has 2 nitrogen and oxygen atoms in total. The lowest BCUT2D eigenvalue weighted by molar-refractivity contribution is 0.350. The van der Waals surface area contributed by atoms with E-state index in [4.69, 9.17) is 10.5 Å². The Bertz CT molecular complexity index is 376. The van der Waals surface area contributed by atoms with Gasteiger partial charge in [0.05, 0.1) is 4.47 Å². The van der Waals surface area contributed by atoms with Gasteiger partial charge in [-0.05, 0) is 52.5 Å². The summed E-state index contributed by atoms with van der Waals surface area (Å²) >= 11 is 3.56. The predicted molar refractivity (Wildman–Crippen MR) is 71.9 cm³/mol. The third-order valence-corrected chi connectivity index (χ3v) is 3.20. The molecule has 0 fully saturated rings. The molecular formula is C13H18BrNO. The quantitative estimate of drug-likeness (QED) is 0.840. The summed E-state index contributed by atoms with van der Waals surface area (Å²) in [6.07, 6.45) is 0. The molecule has 0 heterocycles. The Morgan fingerprint density at radius 2 is 2.25 bits per heavy atom. The fourth-order valence-electron chi connectivity index (χ4n) is 1.35. The maximum absolute atomic E-state index is 5.67. The van der Waals surface area contributed by atoms with E-state index in [1.54, 1.807) is 0 Å². The molecule has 1 atom stereocenters. The van der Waals surface area contributed by atoms with Crippen molar-refractivity contribution in [3.8, 4) is 5.75 Å². The van der Waals surface area contributed by atoms with Gasteiger partial charge in [-0.15, -0.1) is 0 Å². The molecule has 0 aromatic heterocycles. The average molecular weight is 284 g/mol. The first-order valence-electron chi connectivity index (χ1n) is 5.32. The van der Waals surface area contributed by atoms with Crippen LogP contribution in [0.2, 0.25) is 0 Å². The van der Waals surface area contributed by atoms with Crippen LogP contribution in [0.4, 0.5) is 0 Å². The molecule has 16 heavy (non-hydrogen) atoms. The van der Waals surface area contributed by atoms with Crippen molar-refractivity contribution >= 4 is 15.9 Å². The molecule has 0 aliphatic rings. The van der Waals surface area contributed by atoms with Gasteiger partial charge in [-0.2, -0.15) is 0 Å². The summed E-state index contributed by atoms with van der Waals surface area (Å²) in [6, 6.07) is 6.00. The van der Waals surface area contributed by atoms with E-state index in [-0.39, 0.29) is 0 Å². The van der Waals surface area contributed by atoms with Crippen LogP contribution >= 0.6 is 15.9 Å². The van der Waals surface area contributed by atoms with Gasteiger partial charge < -0.3 is 10.5 Å². The van der Waals surface area contributed by atoms with Crippen LogP contribution in [0.25, 0.3) is 0 Å². The normalized spacial score (nSPS) is 12.2. The van der Waals surface area contributed by atoms with Gasteiger partial charge >= 0.3 is 0 Å². The monoisotopic (exact) mass is 283 g/mol. The molecule has 0 spiro atoms. The molecule has 0 radical (unpaired) electrons. The maximum atomic E-state index is 5.67. The molecule has 0 saturated carbocycles. The number of nitrogens with two attached hydrogens (primary N) is 1. The highest BCUT2D eigenvalue weighted by Crippen LogP contribution is 2.32. The van der Waals surface area contributed by atoms with Crippen molar-refractivity contribution in [1.82, 2.24) is 0 Å². The van der Waals surface area contributed by atoms with Crippen LogP contribution in [0.3, 0.4) is 0 Å². The molecule has 0 amide bonds. The van der Waals surface area contributed by atoms with Crippen LogP contribution in [-0.2, 0) is 0 Å². The second-order valence-corrected chi connectivity index (χ2v) is 4.83. The van der Waals surface area contributed by atoms with Crippen molar-refractivity contribution in [1.29, 1.82) is 0 Å². The Morgan fingerprint density at radius 3 is 2.81 bits per heavy atom. The zero-order valence-corrected chi connectivity index (χ0v) is 11.4. The van der Waals surface area contributed by atoms with Crippen LogP contribution < -0.4 is 10.5 Å². The Labute approximate surface area is 106 Å². The fraction of sp³-hybridized carbons (Fsp3) is 0.385. The lowest BCUT2D eigenvalue weighted by atomic mass is 10.0. The SMILES string of the molecule is C=C(C)COc1cccc(C(C)CN)c1Br. The number of benzene rings is 1. The molecule has 3 heteroatoms. The highest BCUT2D eigenvalue weighted by molar-refractivity contribution is 9.10. The molecule has 88 valence electrons. The van der Waals surface area contributed by atoms with Crippen LogP contribution in [-0.4, -0.2) is 13.2 Å². The van der Waals surface area contributed by atoms with Crippen molar-refractivity contribution in [2.75, 3.05) is 13.2 Å². The minimum Gasteiger partial charge on any atom is -0.488 e. The first-order chi connectivity index (χ1) is 7.56. The summed E-state index contributed by atoms with van der Waals surface area (Å²) in [4.78, 5) is 0. The molecule has 0 bridgehead atoms. The molecule has 1 aromatic rings. The van der Waals surface area contributed by atoms with Gasteiger partial charge in [0.2, 0.25) is 0 Å². The van der Waals surface area contributed by atoms with Crippen molar-refractivity contribution in [2.24, 2.45) is 5.73 Å². The molecular weight excluding hydrogens is 266 g/mol. The number of hydrogen-bond acceptors (Lipinski definition) is 2. The van der Waals surface area contributed by atoms with Crippen LogP contribution in [0.1, 0.15) is 25.3 Å². The highest BCUT2D eigenvalue weighted by atomic mass is 79.9. The molecule has 1 rings (SSSR count). The highest BCUT2D eigenvalue weighted by Gasteiger charge is 2.11. The summed E-state index contributed by atoms with van der Waals surface area (Å²) < 4.78 is 6.64. The maximum Gasteiger partial charge on any atom is 0.134 e. The largest absolute Gasteiger partial charge is 0.488 e. The van der Waals surface area contributed by atoms with Crippen molar-refractivity contribution in [3.05, 3.63) is 40.4 Å². The van der Waals surface area contributed by atoms with Crippen LogP contribution in [0, 0.1) is 0 Å². The minimum absolute atomic E-state index is 0.322. The first kappa shape index (κ1) is 13.3. The van der Waals surface area contributed by atoms with E-state index in [0.717, 1.165) is 15.8 Å². The summed E-state index contributed by atoms with van der Waals surface area (Å²) in [7, 11) is 0. The van der Waals surface area contributed by atoms with E-state index in [1.807, 2.05) is 19.1 Å². The summed E-state index contributed by atoms with van der Waals surface area (Å²) in [5, 5.41) is 0. The zero-order valence-electron chi connectivity index (χ0n) is 9.79. The number of hydrogen-bond donors (Lipinski definition) is 1. The van der Waals surface area contributed by atoms with Crippen molar-refractivity contribution in [2.45, 2.75) is 19.8 Å². The lowest BCUT2D eigenvalue weighted by Gasteiger charge is -2.15. The standard InChI is InChI=1S/C13H18BrNO/c1-9(2)8-16-12-6-4-5-11(13(12)14)10(3)7-15/h4-6,10H,1,7-8,15H2,2-3H3. The van der Waals surface area contributed by atoms with E-state index in [2.05, 4.69) is 35.5 Å². The van der Waals surface area contributed by atoms with Crippen LogP contribution in [0.5, 0.6) is 5.75 Å². The van der Waals surface area contributed by atoms with Crippen molar-refractivity contribution in [3.63, 3.8) is 0 Å². The Morgan fingerprint density at radius 1 is 1.56 bits per heavy atom. The van der Waals surface area contributed by atoms with E-state index >= 15 is 0 Å². The molecule has 2 N–H and O–H groups in total. The molecule has 0 aliphatic heterocycles. The smallest absolute Gasteiger partial charge is 0.134 e.